The number of carbonyl (C=O) groups is 1. The lowest BCUT2D eigenvalue weighted by Crippen LogP contribution is -2.49. The Morgan fingerprint density at radius 1 is 1.60 bits per heavy atom. The van der Waals surface area contributed by atoms with E-state index in [1.807, 2.05) is 24.6 Å². The van der Waals surface area contributed by atoms with Crippen molar-refractivity contribution >= 4 is 5.91 Å². The van der Waals surface area contributed by atoms with Crippen LogP contribution in [-0.4, -0.2) is 21.0 Å². The maximum Gasteiger partial charge on any atom is 0.237 e. The Morgan fingerprint density at radius 2 is 2.20 bits per heavy atom. The number of amides is 1. The minimum absolute atomic E-state index is 0.475. The molecule has 1 aromatic rings. The van der Waals surface area contributed by atoms with Crippen molar-refractivity contribution < 1.29 is 4.79 Å². The second-order valence-corrected chi connectivity index (χ2v) is 4.15. The summed E-state index contributed by atoms with van der Waals surface area (Å²) in [5, 5.41) is 0. The van der Waals surface area contributed by atoms with Gasteiger partial charge in [0, 0.05) is 12.7 Å². The molecule has 1 unspecified atom stereocenters. The van der Waals surface area contributed by atoms with Gasteiger partial charge in [0.05, 0.1) is 11.2 Å². The smallest absolute Gasteiger partial charge is 0.237 e. The van der Waals surface area contributed by atoms with Crippen LogP contribution in [0.4, 0.5) is 0 Å². The van der Waals surface area contributed by atoms with Crippen molar-refractivity contribution in [2.75, 3.05) is 0 Å². The SMILES string of the molecule is Cc1cn(CCC(C)(N)C(N)=O)c(C)n1. The van der Waals surface area contributed by atoms with Crippen molar-refractivity contribution in [3.05, 3.63) is 17.7 Å². The average molecular weight is 210 g/mol. The molecule has 1 heterocycles. The Balaban J connectivity index is 2.65. The van der Waals surface area contributed by atoms with Crippen LogP contribution in [0.5, 0.6) is 0 Å². The third kappa shape index (κ3) is 2.79. The lowest BCUT2D eigenvalue weighted by atomic mass is 9.99. The zero-order valence-corrected chi connectivity index (χ0v) is 9.45. The van der Waals surface area contributed by atoms with Gasteiger partial charge in [-0.25, -0.2) is 4.98 Å². The molecule has 0 radical (unpaired) electrons. The first-order valence-electron chi connectivity index (χ1n) is 4.92. The van der Waals surface area contributed by atoms with Gasteiger partial charge in [-0.2, -0.15) is 0 Å². The summed E-state index contributed by atoms with van der Waals surface area (Å²) in [6.45, 7) is 6.15. The van der Waals surface area contributed by atoms with Gasteiger partial charge < -0.3 is 16.0 Å². The van der Waals surface area contributed by atoms with Gasteiger partial charge in [-0.3, -0.25) is 4.79 Å². The molecule has 84 valence electrons. The van der Waals surface area contributed by atoms with Crippen LogP contribution in [0.25, 0.3) is 0 Å². The van der Waals surface area contributed by atoms with E-state index in [2.05, 4.69) is 4.98 Å². The Kier molecular flexibility index (Phi) is 3.14. The molecule has 0 aliphatic rings. The maximum absolute atomic E-state index is 11.0. The second kappa shape index (κ2) is 4.02. The molecule has 1 amide bonds. The monoisotopic (exact) mass is 210 g/mol. The van der Waals surface area contributed by atoms with Gasteiger partial charge in [-0.15, -0.1) is 0 Å². The van der Waals surface area contributed by atoms with Crippen LogP contribution in [0.3, 0.4) is 0 Å². The summed E-state index contributed by atoms with van der Waals surface area (Å²) < 4.78 is 1.98. The van der Waals surface area contributed by atoms with E-state index in [4.69, 9.17) is 11.5 Å². The molecule has 0 fully saturated rings. The van der Waals surface area contributed by atoms with Crippen LogP contribution >= 0.6 is 0 Å². The number of hydrogen-bond donors (Lipinski definition) is 2. The van der Waals surface area contributed by atoms with Gasteiger partial charge in [-0.1, -0.05) is 0 Å². The van der Waals surface area contributed by atoms with Crippen LogP contribution in [0, 0.1) is 13.8 Å². The molecule has 1 aromatic heterocycles. The Morgan fingerprint density at radius 3 is 2.60 bits per heavy atom. The van der Waals surface area contributed by atoms with E-state index in [0.717, 1.165) is 11.5 Å². The molecule has 0 aromatic carbocycles. The summed E-state index contributed by atoms with van der Waals surface area (Å²) >= 11 is 0. The number of carbonyl (C=O) groups excluding carboxylic acids is 1. The first kappa shape index (κ1) is 11.7. The average Bonchev–Trinajstić information content (AvgIpc) is 2.41. The maximum atomic E-state index is 11.0. The molecule has 0 saturated carbocycles. The molecule has 4 N–H and O–H groups in total. The molecule has 1 rings (SSSR count). The third-order valence-electron chi connectivity index (χ3n) is 2.53. The van der Waals surface area contributed by atoms with Gasteiger partial charge in [0.1, 0.15) is 5.82 Å². The number of aromatic nitrogens is 2. The van der Waals surface area contributed by atoms with E-state index < -0.39 is 11.4 Å². The molecular weight excluding hydrogens is 192 g/mol. The summed E-state index contributed by atoms with van der Waals surface area (Å²) in [6, 6.07) is 0. The van der Waals surface area contributed by atoms with Crippen LogP contribution in [0.1, 0.15) is 24.9 Å². The molecule has 15 heavy (non-hydrogen) atoms. The summed E-state index contributed by atoms with van der Waals surface area (Å²) in [5.74, 6) is 0.449. The molecule has 0 saturated heterocycles. The number of nitrogens with zero attached hydrogens (tertiary/aromatic N) is 2. The third-order valence-corrected chi connectivity index (χ3v) is 2.53. The predicted octanol–water partition coefficient (Wildman–Crippen LogP) is 0.0927. The highest BCUT2D eigenvalue weighted by Gasteiger charge is 2.25. The Hall–Kier alpha value is -1.36. The Bertz CT molecular complexity index is 367. The minimum atomic E-state index is -0.954. The van der Waals surface area contributed by atoms with E-state index >= 15 is 0 Å². The first-order chi connectivity index (χ1) is 6.83. The molecular formula is C10H18N4O. The normalized spacial score (nSPS) is 14.9. The number of hydrogen-bond acceptors (Lipinski definition) is 3. The summed E-state index contributed by atoms with van der Waals surface area (Å²) in [6.07, 6.45) is 2.45. The zero-order chi connectivity index (χ0) is 11.6. The molecule has 0 aliphatic carbocycles. The number of nitrogens with two attached hydrogens (primary N) is 2. The van der Waals surface area contributed by atoms with Gasteiger partial charge in [0.2, 0.25) is 5.91 Å². The van der Waals surface area contributed by atoms with Crippen molar-refractivity contribution in [3.8, 4) is 0 Å². The van der Waals surface area contributed by atoms with Crippen LogP contribution < -0.4 is 11.5 Å². The largest absolute Gasteiger partial charge is 0.368 e. The first-order valence-corrected chi connectivity index (χ1v) is 4.92. The van der Waals surface area contributed by atoms with E-state index in [1.54, 1.807) is 6.92 Å². The predicted molar refractivity (Wildman–Crippen MR) is 58.1 cm³/mol. The van der Waals surface area contributed by atoms with Gasteiger partial charge in [0.25, 0.3) is 0 Å². The number of primary amides is 1. The topological polar surface area (TPSA) is 86.9 Å². The number of imidazole rings is 1. The van der Waals surface area contributed by atoms with E-state index in [-0.39, 0.29) is 0 Å². The highest BCUT2D eigenvalue weighted by atomic mass is 16.1. The lowest BCUT2D eigenvalue weighted by Gasteiger charge is -2.20. The number of aryl methyl sites for hydroxylation is 3. The number of rotatable bonds is 4. The van der Waals surface area contributed by atoms with Crippen molar-refractivity contribution in [1.29, 1.82) is 0 Å². The van der Waals surface area contributed by atoms with Crippen molar-refractivity contribution in [2.45, 2.75) is 39.3 Å². The fourth-order valence-electron chi connectivity index (χ4n) is 1.37. The fraction of sp³-hybridized carbons (Fsp3) is 0.600. The van der Waals surface area contributed by atoms with Crippen molar-refractivity contribution in [3.63, 3.8) is 0 Å². The van der Waals surface area contributed by atoms with Crippen molar-refractivity contribution in [2.24, 2.45) is 11.5 Å². The standard InChI is InChI=1S/C10H18N4O/c1-7-6-14(8(2)13-7)5-4-10(3,12)9(11)15/h6H,4-5,12H2,1-3H3,(H2,11,15). The zero-order valence-electron chi connectivity index (χ0n) is 9.45. The molecule has 0 bridgehead atoms. The highest BCUT2D eigenvalue weighted by molar-refractivity contribution is 5.83. The summed E-state index contributed by atoms with van der Waals surface area (Å²) in [4.78, 5) is 15.3. The summed E-state index contributed by atoms with van der Waals surface area (Å²) in [7, 11) is 0. The fourth-order valence-corrected chi connectivity index (χ4v) is 1.37. The molecule has 0 spiro atoms. The highest BCUT2D eigenvalue weighted by Crippen LogP contribution is 2.09. The van der Waals surface area contributed by atoms with E-state index in [9.17, 15) is 4.79 Å². The Labute approximate surface area is 89.5 Å². The lowest BCUT2D eigenvalue weighted by molar-refractivity contribution is -0.122. The van der Waals surface area contributed by atoms with E-state index in [1.165, 1.54) is 0 Å². The van der Waals surface area contributed by atoms with Crippen molar-refractivity contribution in [1.82, 2.24) is 9.55 Å². The van der Waals surface area contributed by atoms with Crippen LogP contribution in [-0.2, 0) is 11.3 Å². The molecule has 0 aliphatic heterocycles. The van der Waals surface area contributed by atoms with Gasteiger partial charge in [0.15, 0.2) is 0 Å². The molecule has 1 atom stereocenters. The quantitative estimate of drug-likeness (QED) is 0.738. The van der Waals surface area contributed by atoms with Gasteiger partial charge >= 0.3 is 0 Å². The van der Waals surface area contributed by atoms with Gasteiger partial charge in [-0.05, 0) is 27.2 Å². The van der Waals surface area contributed by atoms with Crippen LogP contribution in [0.15, 0.2) is 6.20 Å². The summed E-state index contributed by atoms with van der Waals surface area (Å²) in [5.41, 5.74) is 11.0. The van der Waals surface area contributed by atoms with E-state index in [0.29, 0.717) is 13.0 Å². The minimum Gasteiger partial charge on any atom is -0.368 e. The second-order valence-electron chi connectivity index (χ2n) is 4.15. The molecule has 5 heteroatoms. The van der Waals surface area contributed by atoms with Crippen LogP contribution in [0.2, 0.25) is 0 Å². The molecule has 5 nitrogen and oxygen atoms in total.